The fourth-order valence-electron chi connectivity index (χ4n) is 3.47. The Labute approximate surface area is 124 Å². The average molecular weight is 291 g/mol. The first-order valence-electron chi connectivity index (χ1n) is 7.76. The molecule has 1 aromatic carbocycles. The molecule has 0 aromatic heterocycles. The van der Waals surface area contributed by atoms with Crippen molar-refractivity contribution in [1.29, 1.82) is 0 Å². The summed E-state index contributed by atoms with van der Waals surface area (Å²) in [5.41, 5.74) is 0.245. The van der Waals surface area contributed by atoms with Crippen molar-refractivity contribution >= 4 is 11.6 Å². The third-order valence-electron chi connectivity index (χ3n) is 4.53. The molecule has 2 aliphatic rings. The van der Waals surface area contributed by atoms with Gasteiger partial charge in [-0.2, -0.15) is 0 Å². The van der Waals surface area contributed by atoms with Gasteiger partial charge in [-0.1, -0.05) is 18.6 Å². The zero-order chi connectivity index (χ0) is 14.7. The molecular formula is C16H22FN3O. The van der Waals surface area contributed by atoms with E-state index < -0.39 is 5.82 Å². The van der Waals surface area contributed by atoms with E-state index in [9.17, 15) is 9.18 Å². The number of para-hydroxylation sites is 1. The van der Waals surface area contributed by atoms with E-state index in [-0.39, 0.29) is 18.1 Å². The molecule has 2 saturated heterocycles. The van der Waals surface area contributed by atoms with E-state index >= 15 is 0 Å². The van der Waals surface area contributed by atoms with Gasteiger partial charge in [0, 0.05) is 18.6 Å². The molecule has 2 aliphatic heterocycles. The zero-order valence-electron chi connectivity index (χ0n) is 12.1. The SMILES string of the molecule is O=C(CNC1CCN2CCCCC12)Nc1ccccc1F. The lowest BCUT2D eigenvalue weighted by Crippen LogP contribution is -2.46. The molecule has 2 unspecified atom stereocenters. The number of nitrogens with zero attached hydrogens (tertiary/aromatic N) is 1. The van der Waals surface area contributed by atoms with Crippen LogP contribution in [0.15, 0.2) is 24.3 Å². The molecule has 0 radical (unpaired) electrons. The highest BCUT2D eigenvalue weighted by Crippen LogP contribution is 2.26. The Morgan fingerprint density at radius 2 is 2.10 bits per heavy atom. The number of nitrogens with one attached hydrogen (secondary N) is 2. The molecule has 0 aliphatic carbocycles. The summed E-state index contributed by atoms with van der Waals surface area (Å²) in [5, 5.41) is 5.96. The molecule has 1 aromatic rings. The molecule has 114 valence electrons. The van der Waals surface area contributed by atoms with Crippen molar-refractivity contribution in [3.05, 3.63) is 30.1 Å². The number of piperidine rings is 1. The third kappa shape index (κ3) is 3.41. The second-order valence-electron chi connectivity index (χ2n) is 5.90. The first kappa shape index (κ1) is 14.5. The van der Waals surface area contributed by atoms with Gasteiger partial charge in [0.25, 0.3) is 0 Å². The van der Waals surface area contributed by atoms with Crippen LogP contribution >= 0.6 is 0 Å². The first-order chi connectivity index (χ1) is 10.2. The lowest BCUT2D eigenvalue weighted by molar-refractivity contribution is -0.115. The normalized spacial score (nSPS) is 25.6. The first-order valence-corrected chi connectivity index (χ1v) is 7.76. The van der Waals surface area contributed by atoms with Crippen molar-refractivity contribution in [2.75, 3.05) is 25.0 Å². The van der Waals surface area contributed by atoms with Gasteiger partial charge in [0.15, 0.2) is 0 Å². The van der Waals surface area contributed by atoms with E-state index in [1.165, 1.54) is 31.9 Å². The lowest BCUT2D eigenvalue weighted by atomic mass is 9.99. The molecule has 4 nitrogen and oxygen atoms in total. The van der Waals surface area contributed by atoms with Gasteiger partial charge in [-0.25, -0.2) is 4.39 Å². The van der Waals surface area contributed by atoms with Crippen LogP contribution in [0, 0.1) is 5.82 Å². The van der Waals surface area contributed by atoms with E-state index in [4.69, 9.17) is 0 Å². The molecule has 21 heavy (non-hydrogen) atoms. The summed E-state index contributed by atoms with van der Waals surface area (Å²) < 4.78 is 13.5. The molecule has 5 heteroatoms. The quantitative estimate of drug-likeness (QED) is 0.891. The summed E-state index contributed by atoms with van der Waals surface area (Å²) >= 11 is 0. The Bertz CT molecular complexity index is 508. The summed E-state index contributed by atoms with van der Waals surface area (Å²) in [7, 11) is 0. The summed E-state index contributed by atoms with van der Waals surface area (Å²) in [6, 6.07) is 7.20. The number of rotatable bonds is 4. The van der Waals surface area contributed by atoms with Crippen molar-refractivity contribution < 1.29 is 9.18 Å². The number of carbonyl (C=O) groups is 1. The number of carbonyl (C=O) groups excluding carboxylic acids is 1. The Kier molecular flexibility index (Phi) is 4.51. The van der Waals surface area contributed by atoms with Crippen LogP contribution in [0.5, 0.6) is 0 Å². The van der Waals surface area contributed by atoms with Gasteiger partial charge in [-0.05, 0) is 37.9 Å². The summed E-state index contributed by atoms with van der Waals surface area (Å²) in [5.74, 6) is -0.584. The highest BCUT2D eigenvalue weighted by atomic mass is 19.1. The molecule has 0 saturated carbocycles. The largest absolute Gasteiger partial charge is 0.322 e. The molecule has 2 heterocycles. The Morgan fingerprint density at radius 3 is 2.95 bits per heavy atom. The summed E-state index contributed by atoms with van der Waals surface area (Å²) in [6.07, 6.45) is 4.88. The highest BCUT2D eigenvalue weighted by Gasteiger charge is 2.35. The second-order valence-corrected chi connectivity index (χ2v) is 5.90. The van der Waals surface area contributed by atoms with Gasteiger partial charge in [0.05, 0.1) is 12.2 Å². The van der Waals surface area contributed by atoms with Crippen LogP contribution < -0.4 is 10.6 Å². The molecule has 2 atom stereocenters. The Hall–Kier alpha value is -1.46. The minimum Gasteiger partial charge on any atom is -0.322 e. The van der Waals surface area contributed by atoms with Crippen molar-refractivity contribution in [2.45, 2.75) is 37.8 Å². The van der Waals surface area contributed by atoms with Gasteiger partial charge in [0.2, 0.25) is 5.91 Å². The van der Waals surface area contributed by atoms with Gasteiger partial charge >= 0.3 is 0 Å². The van der Waals surface area contributed by atoms with Gasteiger partial charge < -0.3 is 10.6 Å². The fraction of sp³-hybridized carbons (Fsp3) is 0.562. The van der Waals surface area contributed by atoms with Crippen molar-refractivity contribution in [1.82, 2.24) is 10.2 Å². The third-order valence-corrected chi connectivity index (χ3v) is 4.53. The van der Waals surface area contributed by atoms with Crippen LogP contribution in [0.25, 0.3) is 0 Å². The van der Waals surface area contributed by atoms with E-state index in [1.54, 1.807) is 18.2 Å². The maximum absolute atomic E-state index is 13.5. The van der Waals surface area contributed by atoms with Crippen LogP contribution in [0.3, 0.4) is 0 Å². The van der Waals surface area contributed by atoms with Gasteiger partial charge in [0.1, 0.15) is 5.82 Å². The molecule has 1 amide bonds. The van der Waals surface area contributed by atoms with Crippen molar-refractivity contribution in [3.8, 4) is 0 Å². The van der Waals surface area contributed by atoms with Crippen LogP contribution in [-0.2, 0) is 4.79 Å². The number of halogens is 1. The van der Waals surface area contributed by atoms with Gasteiger partial charge in [-0.3, -0.25) is 9.69 Å². The fourth-order valence-corrected chi connectivity index (χ4v) is 3.47. The number of hydrogen-bond acceptors (Lipinski definition) is 3. The molecular weight excluding hydrogens is 269 g/mol. The van der Waals surface area contributed by atoms with E-state index in [0.717, 1.165) is 13.0 Å². The smallest absolute Gasteiger partial charge is 0.238 e. The minimum absolute atomic E-state index is 0.186. The average Bonchev–Trinajstić information content (AvgIpc) is 2.91. The molecule has 2 N–H and O–H groups in total. The monoisotopic (exact) mass is 291 g/mol. The lowest BCUT2D eigenvalue weighted by Gasteiger charge is -2.32. The van der Waals surface area contributed by atoms with E-state index in [2.05, 4.69) is 15.5 Å². The van der Waals surface area contributed by atoms with Crippen LogP contribution in [0.1, 0.15) is 25.7 Å². The number of benzene rings is 1. The van der Waals surface area contributed by atoms with Crippen LogP contribution in [-0.4, -0.2) is 42.5 Å². The second kappa shape index (κ2) is 6.54. The minimum atomic E-state index is -0.398. The Morgan fingerprint density at radius 1 is 1.24 bits per heavy atom. The predicted molar refractivity (Wildman–Crippen MR) is 80.6 cm³/mol. The number of amides is 1. The topological polar surface area (TPSA) is 44.4 Å². The number of fused-ring (bicyclic) bond motifs is 1. The molecule has 2 fully saturated rings. The standard InChI is InChI=1S/C16H22FN3O/c17-12-5-1-2-6-13(12)19-16(21)11-18-14-8-10-20-9-4-3-7-15(14)20/h1-2,5-6,14-15,18H,3-4,7-11H2,(H,19,21). The molecule has 0 bridgehead atoms. The van der Waals surface area contributed by atoms with Crippen LogP contribution in [0.4, 0.5) is 10.1 Å². The van der Waals surface area contributed by atoms with Gasteiger partial charge in [-0.15, -0.1) is 0 Å². The Balaban J connectivity index is 1.49. The summed E-state index contributed by atoms with van der Waals surface area (Å²) in [4.78, 5) is 14.5. The van der Waals surface area contributed by atoms with Crippen LogP contribution in [0.2, 0.25) is 0 Å². The number of hydrogen-bond donors (Lipinski definition) is 2. The maximum atomic E-state index is 13.5. The molecule has 3 rings (SSSR count). The maximum Gasteiger partial charge on any atom is 0.238 e. The number of anilines is 1. The molecule has 0 spiro atoms. The zero-order valence-corrected chi connectivity index (χ0v) is 12.1. The highest BCUT2D eigenvalue weighted by molar-refractivity contribution is 5.92. The summed E-state index contributed by atoms with van der Waals surface area (Å²) in [6.45, 7) is 2.55. The predicted octanol–water partition coefficient (Wildman–Crippen LogP) is 1.98. The van der Waals surface area contributed by atoms with E-state index in [0.29, 0.717) is 12.1 Å². The van der Waals surface area contributed by atoms with Crippen molar-refractivity contribution in [3.63, 3.8) is 0 Å². The van der Waals surface area contributed by atoms with Crippen molar-refractivity contribution in [2.24, 2.45) is 0 Å². The van der Waals surface area contributed by atoms with E-state index in [1.807, 2.05) is 0 Å².